The van der Waals surface area contributed by atoms with Gasteiger partial charge in [0.1, 0.15) is 12.7 Å². The average molecular weight is 850 g/mol. The van der Waals surface area contributed by atoms with Crippen LogP contribution in [-0.2, 0) is 40.8 Å². The summed E-state index contributed by atoms with van der Waals surface area (Å²) in [5, 5.41) is 1.86. The molecule has 0 fully saturated rings. The number of aromatic nitrogens is 6. The summed E-state index contributed by atoms with van der Waals surface area (Å²) in [6.07, 6.45) is 6.48. The Kier molecular flexibility index (Phi) is 10.5. The molecule has 8 aromatic rings. The Balaban J connectivity index is 0.00000224. The first-order valence-electron chi connectivity index (χ1n) is 15.7. The zero-order valence-electron chi connectivity index (χ0n) is 27.9. The van der Waals surface area contributed by atoms with Crippen LogP contribution in [0.5, 0.6) is 23.0 Å². The fraction of sp³-hybridized carbons (Fsp3) is 0.0976. The second kappa shape index (κ2) is 15.0. The fourth-order valence-electron chi connectivity index (χ4n) is 6.03. The van der Waals surface area contributed by atoms with Crippen molar-refractivity contribution in [3.8, 4) is 51.5 Å². The molecule has 0 aliphatic rings. The molecule has 4 aromatic carbocycles. The van der Waals surface area contributed by atoms with E-state index in [0.717, 1.165) is 66.6 Å². The van der Waals surface area contributed by atoms with Crippen molar-refractivity contribution in [2.75, 3.05) is 0 Å². The van der Waals surface area contributed by atoms with Gasteiger partial charge in [-0.1, -0.05) is 86.3 Å². The molecule has 0 amide bonds. The summed E-state index contributed by atoms with van der Waals surface area (Å²) in [6, 6.07) is 37.5. The molecule has 0 aliphatic carbocycles. The van der Waals surface area contributed by atoms with E-state index >= 15 is 0 Å². The van der Waals surface area contributed by atoms with Crippen LogP contribution in [0.2, 0.25) is 0 Å². The van der Waals surface area contributed by atoms with E-state index in [9.17, 15) is 0 Å². The maximum absolute atomic E-state index is 6.44. The van der Waals surface area contributed by atoms with Crippen molar-refractivity contribution in [3.05, 3.63) is 144 Å². The molecule has 4 heterocycles. The summed E-state index contributed by atoms with van der Waals surface area (Å²) in [4.78, 5) is 22.0. The third-order valence-electron chi connectivity index (χ3n) is 8.33. The molecule has 0 spiro atoms. The number of fused-ring (bicyclic) bond motifs is 3. The van der Waals surface area contributed by atoms with Crippen LogP contribution in [0.25, 0.3) is 50.3 Å². The van der Waals surface area contributed by atoms with Crippen molar-refractivity contribution < 1.29 is 50.3 Å². The molecule has 0 radical (unpaired) electrons. The van der Waals surface area contributed by atoms with Gasteiger partial charge in [0, 0.05) is 35.4 Å². The van der Waals surface area contributed by atoms with Gasteiger partial charge in [0.05, 0.1) is 0 Å². The summed E-state index contributed by atoms with van der Waals surface area (Å²) < 4.78 is 14.8. The van der Waals surface area contributed by atoms with Crippen LogP contribution in [0.15, 0.2) is 97.8 Å². The molecular formula is C41H28N6O2Pd2. The zero-order valence-corrected chi connectivity index (χ0v) is 31.0. The van der Waals surface area contributed by atoms with Crippen molar-refractivity contribution in [3.63, 3.8) is 0 Å². The Morgan fingerprint density at radius 1 is 0.529 bits per heavy atom. The van der Waals surface area contributed by atoms with Crippen molar-refractivity contribution >= 4 is 21.8 Å². The third-order valence-corrected chi connectivity index (χ3v) is 8.33. The van der Waals surface area contributed by atoms with Crippen molar-refractivity contribution in [1.82, 2.24) is 29.5 Å². The summed E-state index contributed by atoms with van der Waals surface area (Å²) in [6.45, 7) is 8.11. The number of ether oxygens (including phenoxy) is 2. The number of rotatable bonds is 7. The molecule has 0 N–H and O–H groups in total. The van der Waals surface area contributed by atoms with E-state index in [0.29, 0.717) is 28.9 Å². The van der Waals surface area contributed by atoms with Crippen LogP contribution in [-0.4, -0.2) is 29.5 Å². The molecule has 0 bridgehead atoms. The van der Waals surface area contributed by atoms with Gasteiger partial charge in [-0.3, -0.25) is 0 Å². The third kappa shape index (κ3) is 6.97. The number of hydrogen-bond acceptors (Lipinski definition) is 7. The molecule has 10 heteroatoms. The molecular weight excluding hydrogens is 821 g/mol. The van der Waals surface area contributed by atoms with Crippen LogP contribution in [0, 0.1) is 52.0 Å². The molecule has 254 valence electrons. The van der Waals surface area contributed by atoms with Crippen LogP contribution in [0.4, 0.5) is 0 Å². The van der Waals surface area contributed by atoms with Gasteiger partial charge in [0.25, 0.3) is 0 Å². The van der Waals surface area contributed by atoms with E-state index in [1.807, 2.05) is 79.1 Å². The van der Waals surface area contributed by atoms with Gasteiger partial charge in [-0.15, -0.1) is 58.7 Å². The van der Waals surface area contributed by atoms with Gasteiger partial charge in [0.15, 0.2) is 0 Å². The number of nitrogens with zero attached hydrogens (tertiary/aromatic N) is 6. The van der Waals surface area contributed by atoms with Crippen molar-refractivity contribution in [2.45, 2.75) is 27.7 Å². The Morgan fingerprint density at radius 2 is 1.00 bits per heavy atom. The molecule has 8 nitrogen and oxygen atoms in total. The number of hydrogen-bond donors (Lipinski definition) is 0. The monoisotopic (exact) mass is 848 g/mol. The Hall–Kier alpha value is -5.09. The minimum Gasteiger partial charge on any atom is -0.503 e. The minimum absolute atomic E-state index is 0. The first-order chi connectivity index (χ1) is 23.9. The molecule has 4 aromatic heterocycles. The molecule has 0 saturated carbocycles. The van der Waals surface area contributed by atoms with E-state index in [4.69, 9.17) is 9.47 Å². The number of pyridine rings is 2. The topological polar surface area (TPSA) is 87.8 Å². The summed E-state index contributed by atoms with van der Waals surface area (Å²) in [5.74, 6) is 2.65. The average Bonchev–Trinajstić information content (AvgIpc) is 3.44. The van der Waals surface area contributed by atoms with Gasteiger partial charge in [-0.05, 0) is 23.5 Å². The smallest absolute Gasteiger partial charge is 0.503 e. The van der Waals surface area contributed by atoms with E-state index in [2.05, 4.69) is 75.2 Å². The normalized spacial score (nSPS) is 10.8. The summed E-state index contributed by atoms with van der Waals surface area (Å²) in [7, 11) is 0. The number of aryl methyl sites for hydroxylation is 4. The van der Waals surface area contributed by atoms with Gasteiger partial charge < -0.3 is 24.0 Å². The Morgan fingerprint density at radius 3 is 1.43 bits per heavy atom. The first-order valence-corrected chi connectivity index (χ1v) is 15.7. The molecule has 8 rings (SSSR count). The number of benzene rings is 4. The van der Waals surface area contributed by atoms with Gasteiger partial charge >= 0.3 is 40.8 Å². The van der Waals surface area contributed by atoms with Crippen molar-refractivity contribution in [2.24, 2.45) is 0 Å². The molecule has 0 saturated heterocycles. The molecule has 0 aliphatic heterocycles. The largest absolute Gasteiger partial charge is 2.00 e. The van der Waals surface area contributed by atoms with E-state index in [-0.39, 0.29) is 40.8 Å². The second-order valence-corrected chi connectivity index (χ2v) is 11.8. The standard InChI is InChI=1S/C41H28N6O2.2Pd/c1-25-17-27(3)39(21-33(25)35-9-5-7-15-43-35)48-29-11-13-31-32-14-12-30(20-38(32)47(37(31)19-29)41-45-23-42-24-46-41)49-40-22-34(26(2)18-28(40)4)36-10-6-8-16-44-36;;/h5-18,23-24H,1-4H3;;/q-4;2*+2. The Labute approximate surface area is 323 Å². The first kappa shape index (κ1) is 35.7. The van der Waals surface area contributed by atoms with E-state index in [1.165, 1.54) is 12.7 Å². The van der Waals surface area contributed by atoms with Gasteiger partial charge in [-0.25, -0.2) is 15.0 Å². The van der Waals surface area contributed by atoms with Crippen LogP contribution < -0.4 is 9.47 Å². The van der Waals surface area contributed by atoms with Crippen LogP contribution in [0.3, 0.4) is 0 Å². The maximum atomic E-state index is 6.44. The molecule has 0 atom stereocenters. The van der Waals surface area contributed by atoms with Crippen LogP contribution in [0.1, 0.15) is 22.3 Å². The quantitative estimate of drug-likeness (QED) is 0.117. The fourth-order valence-corrected chi connectivity index (χ4v) is 6.03. The van der Waals surface area contributed by atoms with Gasteiger partial charge in [-0.2, -0.15) is 22.9 Å². The predicted octanol–water partition coefficient (Wildman–Crippen LogP) is 9.11. The Bertz CT molecular complexity index is 2340. The van der Waals surface area contributed by atoms with Crippen LogP contribution >= 0.6 is 0 Å². The SMILES string of the molecule is Cc1cc(C)c(-c2ccccn2)[c-]c1Oc1[c-]c2c(cc1)c1ccc(Oc3[c-]c(-c4ccccn4)c(C)cc3C)[c-]c1n2-c1ncncn1.[Pd+2].[Pd+2]. The van der Waals surface area contributed by atoms with E-state index < -0.39 is 0 Å². The van der Waals surface area contributed by atoms with Crippen molar-refractivity contribution in [1.29, 1.82) is 0 Å². The molecule has 51 heavy (non-hydrogen) atoms. The van der Waals surface area contributed by atoms with E-state index in [1.54, 1.807) is 12.4 Å². The summed E-state index contributed by atoms with van der Waals surface area (Å²) >= 11 is 0. The van der Waals surface area contributed by atoms with Gasteiger partial charge in [0.2, 0.25) is 5.95 Å². The summed E-state index contributed by atoms with van der Waals surface area (Å²) in [5.41, 5.74) is 8.92. The maximum Gasteiger partial charge on any atom is 2.00 e. The minimum atomic E-state index is 0. The predicted molar refractivity (Wildman–Crippen MR) is 188 cm³/mol. The molecule has 0 unspecified atom stereocenters. The zero-order chi connectivity index (χ0) is 33.5. The second-order valence-electron chi connectivity index (χ2n) is 11.8.